The molecule has 1 aliphatic rings. The van der Waals surface area contributed by atoms with Crippen LogP contribution in [0.1, 0.15) is 21.5 Å². The first-order valence-corrected chi connectivity index (χ1v) is 8.75. The molecule has 0 spiro atoms. The molecule has 0 radical (unpaired) electrons. The minimum atomic E-state index is -0.411. The highest BCUT2D eigenvalue weighted by atomic mass is 35.5. The summed E-state index contributed by atoms with van der Waals surface area (Å²) >= 11 is 10.8. The molecule has 0 aliphatic heterocycles. The molecule has 0 bridgehead atoms. The Labute approximate surface area is 156 Å². The van der Waals surface area contributed by atoms with Gasteiger partial charge >= 0.3 is 0 Å². The molecule has 0 N–H and O–H groups in total. The van der Waals surface area contributed by atoms with Crippen LogP contribution in [-0.2, 0) is 17.6 Å². The topological polar surface area (TPSA) is 34.1 Å². The minimum absolute atomic E-state index is 0.0177. The fraction of sp³-hybridized carbons (Fsp3) is 0.143. The van der Waals surface area contributed by atoms with E-state index in [2.05, 4.69) is 12.1 Å². The quantitative estimate of drug-likeness (QED) is 0.567. The number of hydrogen-bond donors (Lipinski definition) is 0. The van der Waals surface area contributed by atoms with E-state index in [4.69, 9.17) is 23.2 Å². The monoisotopic (exact) mass is 370 g/mol. The van der Waals surface area contributed by atoms with Crippen LogP contribution < -0.4 is 0 Å². The van der Waals surface area contributed by atoms with Gasteiger partial charge in [-0.3, -0.25) is 9.59 Å². The SMILES string of the molecule is O=C(Cl)C1Cc2ccccc2C1.O=C(Cl)c1ccc2ccccc2c1. The molecule has 3 aromatic rings. The second-order valence-corrected chi connectivity index (χ2v) is 6.73. The first-order valence-electron chi connectivity index (χ1n) is 7.99. The Morgan fingerprint density at radius 2 is 1.32 bits per heavy atom. The van der Waals surface area contributed by atoms with Crippen LogP contribution in [0.15, 0.2) is 66.7 Å². The van der Waals surface area contributed by atoms with Crippen molar-refractivity contribution in [1.29, 1.82) is 0 Å². The van der Waals surface area contributed by atoms with E-state index in [1.165, 1.54) is 11.1 Å². The molecule has 4 heteroatoms. The maximum absolute atomic E-state index is 10.9. The second-order valence-electron chi connectivity index (χ2n) is 6.01. The first-order chi connectivity index (χ1) is 12.0. The molecule has 0 saturated heterocycles. The molecule has 1 aliphatic carbocycles. The largest absolute Gasteiger partial charge is 0.281 e. The number of rotatable bonds is 2. The summed E-state index contributed by atoms with van der Waals surface area (Å²) in [4.78, 5) is 21.7. The van der Waals surface area contributed by atoms with Crippen molar-refractivity contribution in [3.8, 4) is 0 Å². The molecular weight excluding hydrogens is 355 g/mol. The molecule has 3 aromatic carbocycles. The van der Waals surface area contributed by atoms with Gasteiger partial charge < -0.3 is 0 Å². The zero-order valence-corrected chi connectivity index (χ0v) is 14.9. The summed E-state index contributed by atoms with van der Waals surface area (Å²) in [5, 5.41) is 1.54. The Morgan fingerprint density at radius 3 is 1.88 bits per heavy atom. The average molecular weight is 371 g/mol. The van der Waals surface area contributed by atoms with Gasteiger partial charge in [-0.15, -0.1) is 0 Å². The molecule has 2 nitrogen and oxygen atoms in total. The number of fused-ring (bicyclic) bond motifs is 2. The van der Waals surface area contributed by atoms with Crippen LogP contribution in [0.3, 0.4) is 0 Å². The van der Waals surface area contributed by atoms with Gasteiger partial charge in [-0.1, -0.05) is 54.6 Å². The Kier molecular flexibility index (Phi) is 5.52. The Hall–Kier alpha value is -2.16. The average Bonchev–Trinajstić information content (AvgIpc) is 3.06. The minimum Gasteiger partial charge on any atom is -0.281 e. The highest BCUT2D eigenvalue weighted by Gasteiger charge is 2.25. The van der Waals surface area contributed by atoms with Crippen molar-refractivity contribution in [2.45, 2.75) is 12.8 Å². The lowest BCUT2D eigenvalue weighted by Gasteiger charge is -1.98. The predicted molar refractivity (Wildman–Crippen MR) is 102 cm³/mol. The molecule has 0 aromatic heterocycles. The van der Waals surface area contributed by atoms with Gasteiger partial charge in [0.15, 0.2) is 0 Å². The van der Waals surface area contributed by atoms with Gasteiger partial charge in [-0.05, 0) is 70.1 Å². The van der Waals surface area contributed by atoms with E-state index in [1.54, 1.807) is 12.1 Å². The summed E-state index contributed by atoms with van der Waals surface area (Å²) in [5.41, 5.74) is 3.09. The molecule has 0 atom stereocenters. The third kappa shape index (κ3) is 4.28. The van der Waals surface area contributed by atoms with Gasteiger partial charge in [-0.2, -0.15) is 0 Å². The number of halogens is 2. The van der Waals surface area contributed by atoms with Crippen LogP contribution in [0.4, 0.5) is 0 Å². The molecule has 126 valence electrons. The van der Waals surface area contributed by atoms with Crippen molar-refractivity contribution in [2.75, 3.05) is 0 Å². The molecule has 0 amide bonds. The van der Waals surface area contributed by atoms with Gasteiger partial charge in [0.25, 0.3) is 5.24 Å². The summed E-state index contributed by atoms with van der Waals surface area (Å²) in [6, 6.07) is 21.4. The zero-order chi connectivity index (χ0) is 17.8. The molecular formula is C21H16Cl2O2. The second kappa shape index (κ2) is 7.81. The maximum Gasteiger partial charge on any atom is 0.252 e. The molecule has 0 saturated carbocycles. The van der Waals surface area contributed by atoms with Gasteiger partial charge in [-0.25, -0.2) is 0 Å². The van der Waals surface area contributed by atoms with Gasteiger partial charge in [0.05, 0.1) is 0 Å². The van der Waals surface area contributed by atoms with Crippen molar-refractivity contribution in [2.24, 2.45) is 5.92 Å². The number of benzene rings is 3. The Bertz CT molecular complexity index is 909. The van der Waals surface area contributed by atoms with Crippen LogP contribution in [0.2, 0.25) is 0 Å². The Balaban J connectivity index is 0.000000146. The molecule has 0 unspecified atom stereocenters. The molecule has 0 heterocycles. The van der Waals surface area contributed by atoms with Crippen molar-refractivity contribution in [3.63, 3.8) is 0 Å². The van der Waals surface area contributed by atoms with E-state index in [9.17, 15) is 9.59 Å². The lowest BCUT2D eigenvalue weighted by atomic mass is 10.1. The van der Waals surface area contributed by atoms with Crippen molar-refractivity contribution in [3.05, 3.63) is 83.4 Å². The van der Waals surface area contributed by atoms with E-state index in [0.29, 0.717) is 5.56 Å². The van der Waals surface area contributed by atoms with E-state index in [-0.39, 0.29) is 11.2 Å². The van der Waals surface area contributed by atoms with E-state index >= 15 is 0 Å². The van der Waals surface area contributed by atoms with Crippen LogP contribution in [0, 0.1) is 5.92 Å². The number of hydrogen-bond acceptors (Lipinski definition) is 2. The smallest absolute Gasteiger partial charge is 0.252 e. The molecule has 25 heavy (non-hydrogen) atoms. The first kappa shape index (κ1) is 17.7. The van der Waals surface area contributed by atoms with E-state index in [0.717, 1.165) is 23.6 Å². The number of carbonyl (C=O) groups is 2. The third-order valence-electron chi connectivity index (χ3n) is 4.35. The lowest BCUT2D eigenvalue weighted by molar-refractivity contribution is -0.114. The highest BCUT2D eigenvalue weighted by molar-refractivity contribution is 6.67. The van der Waals surface area contributed by atoms with Crippen LogP contribution in [-0.4, -0.2) is 10.5 Å². The van der Waals surface area contributed by atoms with Crippen molar-refractivity contribution in [1.82, 2.24) is 0 Å². The predicted octanol–water partition coefficient (Wildman–Crippen LogP) is 5.39. The summed E-state index contributed by atoms with van der Waals surface area (Å²) in [5.74, 6) is 0.0177. The third-order valence-corrected chi connectivity index (χ3v) is 4.88. The summed E-state index contributed by atoms with van der Waals surface area (Å²) < 4.78 is 0. The van der Waals surface area contributed by atoms with Crippen LogP contribution >= 0.6 is 23.2 Å². The summed E-state index contributed by atoms with van der Waals surface area (Å²) in [6.07, 6.45) is 1.64. The van der Waals surface area contributed by atoms with Crippen LogP contribution in [0.25, 0.3) is 10.8 Å². The fourth-order valence-electron chi connectivity index (χ4n) is 3.03. The van der Waals surface area contributed by atoms with Crippen molar-refractivity contribution >= 4 is 44.5 Å². The number of carbonyl (C=O) groups excluding carboxylic acids is 2. The fourth-order valence-corrected chi connectivity index (χ4v) is 3.30. The van der Waals surface area contributed by atoms with Crippen molar-refractivity contribution < 1.29 is 9.59 Å². The molecule has 0 fully saturated rings. The molecule has 4 rings (SSSR count). The standard InChI is InChI=1S/C11H7ClO.C10H9ClO/c12-11(13)10-6-5-8-3-1-2-4-9(8)7-10;11-10(12)9-5-7-3-1-2-4-8(7)6-9/h1-7H;1-4,9H,5-6H2. The zero-order valence-electron chi connectivity index (χ0n) is 13.4. The normalized spacial score (nSPS) is 13.0. The van der Waals surface area contributed by atoms with Gasteiger partial charge in [0.2, 0.25) is 5.24 Å². The highest BCUT2D eigenvalue weighted by Crippen LogP contribution is 2.27. The Morgan fingerprint density at radius 1 is 0.760 bits per heavy atom. The van der Waals surface area contributed by atoms with E-state index in [1.807, 2.05) is 42.5 Å². The van der Waals surface area contributed by atoms with Gasteiger partial charge in [0, 0.05) is 11.5 Å². The maximum atomic E-state index is 10.9. The summed E-state index contributed by atoms with van der Waals surface area (Å²) in [6.45, 7) is 0. The van der Waals surface area contributed by atoms with Crippen LogP contribution in [0.5, 0.6) is 0 Å². The van der Waals surface area contributed by atoms with Gasteiger partial charge in [0.1, 0.15) is 0 Å². The lowest BCUT2D eigenvalue weighted by Crippen LogP contribution is -2.07. The van der Waals surface area contributed by atoms with E-state index < -0.39 is 5.24 Å². The summed E-state index contributed by atoms with van der Waals surface area (Å²) in [7, 11) is 0.